The summed E-state index contributed by atoms with van der Waals surface area (Å²) >= 11 is 0. The number of fused-ring (bicyclic) bond motifs is 1. The van der Waals surface area contributed by atoms with Gasteiger partial charge in [0.25, 0.3) is 10.1 Å². The number of likely N-dealkylation sites (tertiary alicyclic amines) is 1. The maximum atomic E-state index is 12.6. The van der Waals surface area contributed by atoms with E-state index < -0.39 is 10.1 Å². The summed E-state index contributed by atoms with van der Waals surface area (Å²) in [6, 6.07) is 27.5. The Morgan fingerprint density at radius 2 is 1.61 bits per heavy atom. The van der Waals surface area contributed by atoms with Crippen molar-refractivity contribution < 1.29 is 37.0 Å². The van der Waals surface area contributed by atoms with Crippen LogP contribution in [0.5, 0.6) is 23.0 Å². The van der Waals surface area contributed by atoms with Crippen LogP contribution in [0.25, 0.3) is 11.1 Å². The molecule has 0 bridgehead atoms. The quantitative estimate of drug-likeness (QED) is 0.195. The number of benzene rings is 4. The van der Waals surface area contributed by atoms with Gasteiger partial charge in [-0.15, -0.1) is 0 Å². The number of phenolic OH excluding ortho intramolecular Hbond substituents is 2. The van der Waals surface area contributed by atoms with Crippen molar-refractivity contribution in [3.8, 4) is 23.0 Å². The summed E-state index contributed by atoms with van der Waals surface area (Å²) < 4.78 is 54.1. The summed E-state index contributed by atoms with van der Waals surface area (Å²) in [5.41, 5.74) is 4.56. The number of rotatable bonds is 8. The average Bonchev–Trinajstić information content (AvgIpc) is 2.99. The van der Waals surface area contributed by atoms with Gasteiger partial charge in [-0.2, -0.15) is 8.42 Å². The lowest BCUT2D eigenvalue weighted by Gasteiger charge is -2.37. The smallest absolute Gasteiger partial charge is 0.294 e. The van der Waals surface area contributed by atoms with Crippen LogP contribution in [-0.2, 0) is 10.1 Å². The Kier molecular flexibility index (Phi) is 9.53. The van der Waals surface area contributed by atoms with Crippen LogP contribution in [0.15, 0.2) is 102 Å². The third-order valence-electron chi connectivity index (χ3n) is 7.59. The second-order valence-electron chi connectivity index (χ2n) is 10.8. The molecule has 3 N–H and O–H groups in total. The Morgan fingerprint density at radius 1 is 0.909 bits per heavy atom. The monoisotopic (exact) mass is 619 g/mol. The van der Waals surface area contributed by atoms with Gasteiger partial charge in [0.2, 0.25) is 0 Å². The number of ether oxygens (including phenoxy) is 2. The van der Waals surface area contributed by atoms with Crippen LogP contribution in [0.4, 0.5) is 4.39 Å². The number of phenols is 2. The highest BCUT2D eigenvalue weighted by Gasteiger charge is 2.30. The molecule has 2 aliphatic heterocycles. The molecule has 0 aliphatic carbocycles. The van der Waals surface area contributed by atoms with E-state index in [9.17, 15) is 23.0 Å². The minimum Gasteiger partial charge on any atom is -0.508 e. The Balaban J connectivity index is 0.000000328. The molecule has 1 fully saturated rings. The lowest BCUT2D eigenvalue weighted by atomic mass is 9.86. The fraction of sp³-hybridized carbons (Fsp3) is 0.235. The fourth-order valence-corrected chi connectivity index (χ4v) is 5.80. The molecule has 0 aromatic heterocycles. The van der Waals surface area contributed by atoms with E-state index in [0.717, 1.165) is 53.2 Å². The molecule has 4 aromatic rings. The first-order valence-corrected chi connectivity index (χ1v) is 15.6. The lowest BCUT2D eigenvalue weighted by molar-refractivity contribution is 0.0668. The zero-order valence-electron chi connectivity index (χ0n) is 24.1. The number of nitrogens with zero attached hydrogens (tertiary/aromatic N) is 1. The second kappa shape index (κ2) is 13.5. The molecule has 0 unspecified atom stereocenters. The van der Waals surface area contributed by atoms with E-state index in [0.29, 0.717) is 12.4 Å². The number of alkyl halides is 1. The predicted octanol–water partition coefficient (Wildman–Crippen LogP) is 6.38. The predicted molar refractivity (Wildman–Crippen MR) is 166 cm³/mol. The third kappa shape index (κ3) is 7.39. The number of halogens is 1. The topological polar surface area (TPSA) is 117 Å². The van der Waals surface area contributed by atoms with Crippen molar-refractivity contribution in [3.63, 3.8) is 0 Å². The zero-order valence-corrected chi connectivity index (χ0v) is 25.0. The maximum absolute atomic E-state index is 12.6. The van der Waals surface area contributed by atoms with Gasteiger partial charge in [-0.05, 0) is 78.2 Å². The van der Waals surface area contributed by atoms with E-state index >= 15 is 0 Å². The largest absolute Gasteiger partial charge is 0.508 e. The van der Waals surface area contributed by atoms with Crippen LogP contribution in [0.2, 0.25) is 0 Å². The van der Waals surface area contributed by atoms with Crippen LogP contribution < -0.4 is 9.47 Å². The van der Waals surface area contributed by atoms with E-state index in [1.54, 1.807) is 48.5 Å². The molecule has 1 atom stereocenters. The fourth-order valence-electron chi connectivity index (χ4n) is 5.30. The van der Waals surface area contributed by atoms with E-state index in [1.807, 2.05) is 43.3 Å². The number of hydrogen-bond donors (Lipinski definition) is 3. The van der Waals surface area contributed by atoms with Gasteiger partial charge in [0.1, 0.15) is 35.7 Å². The normalized spacial score (nSPS) is 16.7. The average molecular weight is 620 g/mol. The highest BCUT2D eigenvalue weighted by Crippen LogP contribution is 2.47. The molecule has 4 aromatic carbocycles. The van der Waals surface area contributed by atoms with Gasteiger partial charge in [-0.1, -0.05) is 42.5 Å². The van der Waals surface area contributed by atoms with Gasteiger partial charge in [0.15, 0.2) is 0 Å². The van der Waals surface area contributed by atoms with E-state index in [-0.39, 0.29) is 35.1 Å². The molecule has 230 valence electrons. The number of aromatic hydroxyl groups is 2. The van der Waals surface area contributed by atoms with E-state index in [4.69, 9.17) is 14.0 Å². The molecule has 2 aliphatic rings. The van der Waals surface area contributed by atoms with Gasteiger partial charge in [0, 0.05) is 36.7 Å². The highest BCUT2D eigenvalue weighted by molar-refractivity contribution is 7.85. The summed E-state index contributed by atoms with van der Waals surface area (Å²) in [5.74, 6) is 2.01. The Labute approximate surface area is 256 Å². The van der Waals surface area contributed by atoms with Crippen molar-refractivity contribution in [2.24, 2.45) is 5.92 Å². The lowest BCUT2D eigenvalue weighted by Crippen LogP contribution is -2.49. The first kappa shape index (κ1) is 31.1. The Morgan fingerprint density at radius 3 is 2.25 bits per heavy atom. The second-order valence-corrected chi connectivity index (χ2v) is 12.2. The number of allylic oxidation sites excluding steroid dienone is 1. The van der Waals surface area contributed by atoms with Crippen molar-refractivity contribution >= 4 is 21.3 Å². The zero-order chi connectivity index (χ0) is 31.3. The van der Waals surface area contributed by atoms with Crippen molar-refractivity contribution in [2.45, 2.75) is 17.9 Å². The van der Waals surface area contributed by atoms with Crippen LogP contribution in [0, 0.1) is 5.92 Å². The van der Waals surface area contributed by atoms with Crippen molar-refractivity contribution in [2.75, 3.05) is 32.9 Å². The minimum absolute atomic E-state index is 0.0741. The van der Waals surface area contributed by atoms with Crippen LogP contribution in [-0.4, -0.2) is 61.0 Å². The van der Waals surface area contributed by atoms with Crippen molar-refractivity contribution in [3.05, 3.63) is 114 Å². The molecule has 1 saturated heterocycles. The molecule has 10 heteroatoms. The van der Waals surface area contributed by atoms with Gasteiger partial charge >= 0.3 is 0 Å². The molecule has 0 saturated carbocycles. The maximum Gasteiger partial charge on any atom is 0.294 e. The van der Waals surface area contributed by atoms with Gasteiger partial charge < -0.3 is 19.7 Å². The Bertz CT molecular complexity index is 1720. The van der Waals surface area contributed by atoms with E-state index in [2.05, 4.69) is 4.90 Å². The minimum atomic E-state index is -4.00. The highest BCUT2D eigenvalue weighted by atomic mass is 32.2. The molecule has 2 heterocycles. The molecule has 44 heavy (non-hydrogen) atoms. The third-order valence-corrected chi connectivity index (χ3v) is 8.45. The number of hydrogen-bond acceptors (Lipinski definition) is 7. The van der Waals surface area contributed by atoms with Crippen LogP contribution >= 0.6 is 0 Å². The first-order valence-electron chi connectivity index (χ1n) is 14.2. The molecule has 0 spiro atoms. The summed E-state index contributed by atoms with van der Waals surface area (Å²) in [6.45, 7) is 4.72. The van der Waals surface area contributed by atoms with Crippen molar-refractivity contribution in [1.82, 2.24) is 4.90 Å². The molecule has 0 radical (unpaired) electrons. The van der Waals surface area contributed by atoms with Gasteiger partial charge in [-0.25, -0.2) is 0 Å². The molecule has 0 amide bonds. The SMILES string of the molecule is CC1=C(c2cccc(O)c2)[C@@H](c2ccc(OCCN3CC(CF)C3)cc2)Oc2ccc(O)cc21.O=S(=O)(O)c1ccccc1. The molecular weight excluding hydrogens is 585 g/mol. The van der Waals surface area contributed by atoms with Gasteiger partial charge in [0.05, 0.1) is 11.6 Å². The summed E-state index contributed by atoms with van der Waals surface area (Å²) in [4.78, 5) is 2.12. The standard InChI is InChI=1S/C28H28FNO4.C6H6O3S/c1-18-25-14-23(32)7-10-26(25)34-28(27(18)21-3-2-4-22(31)13-21)20-5-8-24(9-6-20)33-12-11-30-16-19(15-29)17-30;7-10(8,9)6-4-2-1-3-5-6/h2-10,13-14,19,28,31-32H,11-12,15-17H2,1H3;1-5H,(H,7,8,9)/t28-;/m1./s1. The summed E-state index contributed by atoms with van der Waals surface area (Å²) in [7, 11) is -4.00. The molecule has 8 nitrogen and oxygen atoms in total. The van der Waals surface area contributed by atoms with Crippen LogP contribution in [0.1, 0.15) is 29.7 Å². The molecular formula is C34H34FNO7S. The van der Waals surface area contributed by atoms with Gasteiger partial charge in [-0.3, -0.25) is 13.8 Å². The van der Waals surface area contributed by atoms with Crippen LogP contribution in [0.3, 0.4) is 0 Å². The Hall–Kier alpha value is -4.38. The summed E-state index contributed by atoms with van der Waals surface area (Å²) in [5, 5.41) is 20.1. The van der Waals surface area contributed by atoms with E-state index in [1.165, 1.54) is 12.1 Å². The first-order chi connectivity index (χ1) is 21.1. The van der Waals surface area contributed by atoms with Crippen molar-refractivity contribution in [1.29, 1.82) is 0 Å². The summed E-state index contributed by atoms with van der Waals surface area (Å²) in [6.07, 6.45) is -0.383. The molecule has 6 rings (SSSR count).